The third-order valence-corrected chi connectivity index (χ3v) is 4.30. The molecule has 0 saturated carbocycles. The third-order valence-electron chi connectivity index (χ3n) is 4.30. The molecule has 2 unspecified atom stereocenters. The van der Waals surface area contributed by atoms with Gasteiger partial charge in [0.2, 0.25) is 5.91 Å². The third kappa shape index (κ3) is 2.93. The van der Waals surface area contributed by atoms with Crippen LogP contribution in [0, 0.1) is 5.92 Å². The molecular formula is C17H22N2O. The van der Waals surface area contributed by atoms with Crippen LogP contribution in [-0.2, 0) is 4.79 Å². The number of nitrogens with zero attached hydrogens (tertiary/aromatic N) is 1. The Balaban J connectivity index is 1.55. The van der Waals surface area contributed by atoms with Crippen LogP contribution in [0.2, 0.25) is 0 Å². The van der Waals surface area contributed by atoms with Crippen molar-refractivity contribution in [2.24, 2.45) is 5.92 Å². The van der Waals surface area contributed by atoms with E-state index < -0.39 is 0 Å². The molecule has 20 heavy (non-hydrogen) atoms. The first-order valence-electron chi connectivity index (χ1n) is 7.59. The summed E-state index contributed by atoms with van der Waals surface area (Å²) in [5.74, 6) is 0.918. The Morgan fingerprint density at radius 3 is 2.75 bits per heavy atom. The zero-order chi connectivity index (χ0) is 13.8. The second-order valence-electron chi connectivity index (χ2n) is 5.73. The predicted molar refractivity (Wildman–Crippen MR) is 81.7 cm³/mol. The average molecular weight is 270 g/mol. The summed E-state index contributed by atoms with van der Waals surface area (Å²) in [5, 5.41) is 3.48. The fourth-order valence-corrected chi connectivity index (χ4v) is 3.08. The van der Waals surface area contributed by atoms with Gasteiger partial charge >= 0.3 is 0 Å². The summed E-state index contributed by atoms with van der Waals surface area (Å²) in [6.45, 7) is 1.79. The Morgan fingerprint density at radius 2 is 2.00 bits per heavy atom. The van der Waals surface area contributed by atoms with E-state index in [4.69, 9.17) is 0 Å². The van der Waals surface area contributed by atoms with Crippen molar-refractivity contribution < 1.29 is 4.79 Å². The molecule has 1 aromatic carbocycles. The van der Waals surface area contributed by atoms with Gasteiger partial charge in [0.25, 0.3) is 0 Å². The van der Waals surface area contributed by atoms with Crippen LogP contribution in [0.1, 0.15) is 25.7 Å². The number of allylic oxidation sites excluding steroid dienone is 2. The number of carbonyl (C=O) groups is 1. The number of carbonyl (C=O) groups excluding carboxylic acids is 1. The molecule has 3 rings (SSSR count). The van der Waals surface area contributed by atoms with Gasteiger partial charge in [0.1, 0.15) is 0 Å². The van der Waals surface area contributed by atoms with Gasteiger partial charge in [-0.05, 0) is 50.3 Å². The summed E-state index contributed by atoms with van der Waals surface area (Å²) in [4.78, 5) is 14.3. The number of rotatable bonds is 4. The highest BCUT2D eigenvalue weighted by Crippen LogP contribution is 2.22. The molecule has 3 nitrogen and oxygen atoms in total. The van der Waals surface area contributed by atoms with Gasteiger partial charge < -0.3 is 10.2 Å². The molecule has 1 fully saturated rings. The van der Waals surface area contributed by atoms with Crippen LogP contribution in [0.4, 0.5) is 5.69 Å². The number of amides is 1. The summed E-state index contributed by atoms with van der Waals surface area (Å²) in [6, 6.07) is 9.96. The first kappa shape index (κ1) is 13.4. The molecule has 0 spiro atoms. The number of anilines is 1. The maximum absolute atomic E-state index is 12.4. The Hall–Kier alpha value is -1.61. The lowest BCUT2D eigenvalue weighted by molar-refractivity contribution is -0.118. The van der Waals surface area contributed by atoms with Crippen molar-refractivity contribution in [3.63, 3.8) is 0 Å². The van der Waals surface area contributed by atoms with Gasteiger partial charge in [-0.1, -0.05) is 30.4 Å². The quantitative estimate of drug-likeness (QED) is 0.853. The molecular weight excluding hydrogens is 248 g/mol. The molecule has 1 heterocycles. The average Bonchev–Trinajstić information content (AvgIpc) is 2.88. The highest BCUT2D eigenvalue weighted by atomic mass is 16.2. The molecule has 0 radical (unpaired) electrons. The molecule has 1 saturated heterocycles. The monoisotopic (exact) mass is 270 g/mol. The second-order valence-corrected chi connectivity index (χ2v) is 5.73. The molecule has 0 aromatic heterocycles. The largest absolute Gasteiger partial charge is 0.311 e. The minimum Gasteiger partial charge on any atom is -0.311 e. The summed E-state index contributed by atoms with van der Waals surface area (Å²) >= 11 is 0. The second kappa shape index (κ2) is 6.23. The molecule has 1 aromatic rings. The SMILES string of the molecule is O=C1C(NCC2CC=CCC2)CCN1c1ccccc1. The molecule has 1 amide bonds. The van der Waals surface area contributed by atoms with Crippen LogP contribution in [-0.4, -0.2) is 25.0 Å². The van der Waals surface area contributed by atoms with Crippen molar-refractivity contribution >= 4 is 11.6 Å². The fourth-order valence-electron chi connectivity index (χ4n) is 3.08. The molecule has 106 valence electrons. The molecule has 2 aliphatic rings. The standard InChI is InChI=1S/C17H22N2O/c20-17-16(18-13-14-7-3-1-4-8-14)11-12-19(17)15-9-5-2-6-10-15/h1-3,5-6,9-10,14,16,18H,4,7-8,11-13H2. The normalized spacial score (nSPS) is 26.2. The Bertz CT molecular complexity index is 483. The van der Waals surface area contributed by atoms with Crippen LogP contribution in [0.25, 0.3) is 0 Å². The lowest BCUT2D eigenvalue weighted by Gasteiger charge is -2.21. The van der Waals surface area contributed by atoms with E-state index in [0.29, 0.717) is 5.92 Å². The first-order valence-corrected chi connectivity index (χ1v) is 7.59. The number of hydrogen-bond acceptors (Lipinski definition) is 2. The molecule has 1 aliphatic heterocycles. The first-order chi connectivity index (χ1) is 9.84. The van der Waals surface area contributed by atoms with Gasteiger partial charge in [-0.3, -0.25) is 4.79 Å². The van der Waals surface area contributed by atoms with Gasteiger partial charge in [0.15, 0.2) is 0 Å². The summed E-state index contributed by atoms with van der Waals surface area (Å²) in [7, 11) is 0. The summed E-state index contributed by atoms with van der Waals surface area (Å²) in [6.07, 6.45) is 9.01. The van der Waals surface area contributed by atoms with Gasteiger partial charge in [0, 0.05) is 12.2 Å². The van der Waals surface area contributed by atoms with Gasteiger partial charge in [0.05, 0.1) is 6.04 Å². The zero-order valence-electron chi connectivity index (χ0n) is 11.8. The van der Waals surface area contributed by atoms with E-state index >= 15 is 0 Å². The van der Waals surface area contributed by atoms with Crippen molar-refractivity contribution in [1.29, 1.82) is 0 Å². The molecule has 1 N–H and O–H groups in total. The molecule has 3 heteroatoms. The summed E-state index contributed by atoms with van der Waals surface area (Å²) < 4.78 is 0. The van der Waals surface area contributed by atoms with Crippen molar-refractivity contribution in [3.05, 3.63) is 42.5 Å². The van der Waals surface area contributed by atoms with Crippen molar-refractivity contribution in [2.45, 2.75) is 31.7 Å². The molecule has 2 atom stereocenters. The number of nitrogens with one attached hydrogen (secondary N) is 1. The minimum atomic E-state index is 0.00103. The van der Waals surface area contributed by atoms with Crippen molar-refractivity contribution in [1.82, 2.24) is 5.32 Å². The zero-order valence-corrected chi connectivity index (χ0v) is 11.8. The number of hydrogen-bond donors (Lipinski definition) is 1. The Kier molecular flexibility index (Phi) is 4.16. The van der Waals surface area contributed by atoms with Crippen LogP contribution >= 0.6 is 0 Å². The van der Waals surface area contributed by atoms with E-state index in [9.17, 15) is 4.79 Å². The summed E-state index contributed by atoms with van der Waals surface area (Å²) in [5.41, 5.74) is 1.02. The highest BCUT2D eigenvalue weighted by Gasteiger charge is 2.32. The van der Waals surface area contributed by atoms with Gasteiger partial charge in [-0.15, -0.1) is 0 Å². The van der Waals surface area contributed by atoms with E-state index in [2.05, 4.69) is 17.5 Å². The number of para-hydroxylation sites is 1. The lowest BCUT2D eigenvalue weighted by atomic mass is 9.94. The minimum absolute atomic E-state index is 0.00103. The van der Waals surface area contributed by atoms with Crippen LogP contribution < -0.4 is 10.2 Å². The molecule has 0 bridgehead atoms. The maximum atomic E-state index is 12.4. The smallest absolute Gasteiger partial charge is 0.244 e. The van der Waals surface area contributed by atoms with E-state index in [1.165, 1.54) is 12.8 Å². The molecule has 1 aliphatic carbocycles. The predicted octanol–water partition coefficient (Wildman–Crippen LogP) is 2.74. The fraction of sp³-hybridized carbons (Fsp3) is 0.471. The number of benzene rings is 1. The van der Waals surface area contributed by atoms with E-state index in [1.807, 2.05) is 35.2 Å². The van der Waals surface area contributed by atoms with Crippen LogP contribution in [0.5, 0.6) is 0 Å². The van der Waals surface area contributed by atoms with Crippen molar-refractivity contribution in [2.75, 3.05) is 18.0 Å². The Morgan fingerprint density at radius 1 is 1.15 bits per heavy atom. The maximum Gasteiger partial charge on any atom is 0.244 e. The lowest BCUT2D eigenvalue weighted by Crippen LogP contribution is -2.40. The topological polar surface area (TPSA) is 32.3 Å². The van der Waals surface area contributed by atoms with Gasteiger partial charge in [-0.2, -0.15) is 0 Å². The van der Waals surface area contributed by atoms with E-state index in [1.54, 1.807) is 0 Å². The highest BCUT2D eigenvalue weighted by molar-refractivity contribution is 5.99. The van der Waals surface area contributed by atoms with E-state index in [-0.39, 0.29) is 11.9 Å². The van der Waals surface area contributed by atoms with E-state index in [0.717, 1.165) is 31.6 Å². The van der Waals surface area contributed by atoms with Gasteiger partial charge in [-0.25, -0.2) is 0 Å². The Labute approximate surface area is 120 Å². The van der Waals surface area contributed by atoms with Crippen LogP contribution in [0.15, 0.2) is 42.5 Å². The van der Waals surface area contributed by atoms with Crippen LogP contribution in [0.3, 0.4) is 0 Å². The van der Waals surface area contributed by atoms with Crippen molar-refractivity contribution in [3.8, 4) is 0 Å².